The fraction of sp³-hybridized carbons (Fsp3) is 0.778. The molecule has 0 spiro atoms. The summed E-state index contributed by atoms with van der Waals surface area (Å²) in [6.45, 7) is 2.43. The molecule has 2 aromatic heterocycles. The number of unbranched alkanes of at least 4 members (excludes halogenated alkanes) is 12. The number of nitrogens with zero attached hydrogens (tertiary/aromatic N) is 4. The van der Waals surface area contributed by atoms with E-state index in [-0.39, 0.29) is 18.3 Å². The predicted molar refractivity (Wildman–Crippen MR) is 159 cm³/mol. The average Bonchev–Trinajstić information content (AvgIpc) is 3.51. The molecule has 1 aliphatic rings. The summed E-state index contributed by atoms with van der Waals surface area (Å²) >= 11 is 3.92. The van der Waals surface area contributed by atoms with E-state index in [1.54, 1.807) is 10.9 Å². The third kappa shape index (κ3) is 9.91. The standard InChI is InChI=1S/C27H45N6O5PS/c1-3-4-5-6-7-8-9-10-11-12-13-14-15-16-21(34)29-17-20-23(38-39(35)40)24(36-2)27(37-20)33-19-32-22-25(28)30-18-31-26(22)33/h18-20,23-24,27H,3-17H2,1-2H3,(H3-,28,29,30,31,34,35,40)/p+1. The van der Waals surface area contributed by atoms with Gasteiger partial charge in [-0.1, -0.05) is 84.0 Å². The topological polar surface area (TPSA) is 143 Å². The van der Waals surface area contributed by atoms with Crippen LogP contribution < -0.4 is 11.1 Å². The highest BCUT2D eigenvalue weighted by atomic mass is 32.7. The van der Waals surface area contributed by atoms with E-state index in [1.165, 1.54) is 77.6 Å². The highest BCUT2D eigenvalue weighted by Gasteiger charge is 2.51. The molecule has 2 aromatic rings. The van der Waals surface area contributed by atoms with Crippen molar-refractivity contribution in [2.45, 2.75) is 121 Å². The van der Waals surface area contributed by atoms with Gasteiger partial charge in [0, 0.05) is 20.1 Å². The number of methoxy groups -OCH3 is 1. The van der Waals surface area contributed by atoms with Crippen LogP contribution in [0, 0.1) is 0 Å². The van der Waals surface area contributed by atoms with Crippen LogP contribution in [0.3, 0.4) is 0 Å². The van der Waals surface area contributed by atoms with Crippen molar-refractivity contribution in [2.24, 2.45) is 0 Å². The number of nitrogen functional groups attached to an aromatic ring is 1. The molecule has 3 N–H and O–H groups in total. The van der Waals surface area contributed by atoms with Crippen molar-refractivity contribution in [3.8, 4) is 0 Å². The number of hydrogen-bond donors (Lipinski definition) is 3. The van der Waals surface area contributed by atoms with Crippen LogP contribution in [0.15, 0.2) is 12.7 Å². The van der Waals surface area contributed by atoms with Gasteiger partial charge < -0.3 is 20.5 Å². The number of hydrogen-bond acceptors (Lipinski definition) is 9. The summed E-state index contributed by atoms with van der Waals surface area (Å²) in [5, 5.41) is 2.94. The summed E-state index contributed by atoms with van der Waals surface area (Å²) in [6, 6.07) is 0. The summed E-state index contributed by atoms with van der Waals surface area (Å²) < 4.78 is 31.1. The Balaban J connectivity index is 1.39. The van der Waals surface area contributed by atoms with Gasteiger partial charge in [-0.05, 0) is 11.0 Å². The van der Waals surface area contributed by atoms with Crippen molar-refractivity contribution in [1.29, 1.82) is 0 Å². The second-order valence-corrected chi connectivity index (χ2v) is 12.1. The molecule has 3 heterocycles. The lowest BCUT2D eigenvalue weighted by atomic mass is 10.0. The largest absolute Gasteiger partial charge is 0.582 e. The fourth-order valence-corrected chi connectivity index (χ4v) is 6.03. The predicted octanol–water partition coefficient (Wildman–Crippen LogP) is 5.89. The van der Waals surface area contributed by atoms with E-state index in [0.29, 0.717) is 17.6 Å². The molecule has 1 saturated heterocycles. The first-order valence-electron chi connectivity index (χ1n) is 14.7. The van der Waals surface area contributed by atoms with Gasteiger partial charge in [0.1, 0.15) is 36.3 Å². The first kappa shape index (κ1) is 32.7. The van der Waals surface area contributed by atoms with Gasteiger partial charge in [0.05, 0.1) is 6.33 Å². The maximum absolute atomic E-state index is 12.5. The molecular weight excluding hydrogens is 551 g/mol. The Morgan fingerprint density at radius 3 is 2.25 bits per heavy atom. The van der Waals surface area contributed by atoms with Gasteiger partial charge >= 0.3 is 7.23 Å². The Bertz CT molecular complexity index is 1060. The SMILES string of the molecule is CCCCCCCCCCCCCCCC(=O)NCC1OC(n2cnc3c(N)ncnc32)C(OC)C1O[P+](=O)S. The van der Waals surface area contributed by atoms with Crippen LogP contribution in [0.1, 0.15) is 103 Å². The Morgan fingerprint density at radius 1 is 1.02 bits per heavy atom. The molecule has 1 amide bonds. The first-order valence-corrected chi connectivity index (χ1v) is 17.0. The molecule has 11 nitrogen and oxygen atoms in total. The van der Waals surface area contributed by atoms with E-state index < -0.39 is 31.8 Å². The minimum absolute atomic E-state index is 0.0494. The molecular formula is C27H46N6O5PS+. The Labute approximate surface area is 243 Å². The summed E-state index contributed by atoms with van der Waals surface area (Å²) in [7, 11) is -0.721. The number of ether oxygens (including phenoxy) is 2. The van der Waals surface area contributed by atoms with Gasteiger partial charge in [-0.3, -0.25) is 9.36 Å². The Hall–Kier alpha value is -1.85. The van der Waals surface area contributed by atoms with Gasteiger partial charge in [0.25, 0.3) is 0 Å². The van der Waals surface area contributed by atoms with Crippen molar-refractivity contribution in [3.05, 3.63) is 12.7 Å². The number of imidazole rings is 1. The lowest BCUT2D eigenvalue weighted by molar-refractivity contribution is -0.122. The Morgan fingerprint density at radius 2 is 1.65 bits per heavy atom. The number of amides is 1. The second kappa shape index (κ2) is 17.9. The van der Waals surface area contributed by atoms with Crippen LogP contribution >= 0.6 is 19.5 Å². The highest BCUT2D eigenvalue weighted by molar-refractivity contribution is 8.39. The van der Waals surface area contributed by atoms with Crippen LogP contribution in [0.4, 0.5) is 5.82 Å². The van der Waals surface area contributed by atoms with Gasteiger partial charge in [0.15, 0.2) is 23.8 Å². The smallest absolute Gasteiger partial charge is 0.382 e. The van der Waals surface area contributed by atoms with E-state index in [0.717, 1.165) is 19.3 Å². The monoisotopic (exact) mass is 597 g/mol. The van der Waals surface area contributed by atoms with Crippen molar-refractivity contribution >= 4 is 42.4 Å². The minimum Gasteiger partial charge on any atom is -0.382 e. The Kier molecular flexibility index (Phi) is 14.6. The van der Waals surface area contributed by atoms with Crippen molar-refractivity contribution in [2.75, 3.05) is 19.4 Å². The van der Waals surface area contributed by atoms with E-state index in [4.69, 9.17) is 19.7 Å². The summed E-state index contributed by atoms with van der Waals surface area (Å²) in [4.78, 5) is 25.1. The average molecular weight is 598 g/mol. The van der Waals surface area contributed by atoms with Crippen LogP contribution in [0.5, 0.6) is 0 Å². The number of anilines is 1. The number of thiol groups is 1. The van der Waals surface area contributed by atoms with E-state index in [2.05, 4.69) is 39.4 Å². The van der Waals surface area contributed by atoms with E-state index >= 15 is 0 Å². The molecule has 0 aromatic carbocycles. The van der Waals surface area contributed by atoms with Crippen molar-refractivity contribution in [3.63, 3.8) is 0 Å². The number of carbonyl (C=O) groups is 1. The lowest BCUT2D eigenvalue weighted by Crippen LogP contribution is -2.41. The van der Waals surface area contributed by atoms with Gasteiger partial charge in [-0.15, -0.1) is 4.52 Å². The zero-order chi connectivity index (χ0) is 28.7. The molecule has 40 heavy (non-hydrogen) atoms. The van der Waals surface area contributed by atoms with Crippen LogP contribution in [-0.4, -0.2) is 57.4 Å². The third-order valence-corrected chi connectivity index (χ3v) is 8.15. The zero-order valence-corrected chi connectivity index (χ0v) is 25.7. The molecule has 3 rings (SSSR count). The summed E-state index contributed by atoms with van der Waals surface area (Å²) in [5.74, 6) is 0.200. The quantitative estimate of drug-likeness (QED) is 0.0967. The minimum atomic E-state index is -2.24. The fourth-order valence-electron chi connectivity index (χ4n) is 5.24. The molecule has 5 unspecified atom stereocenters. The number of rotatable bonds is 20. The molecule has 1 aliphatic heterocycles. The van der Waals surface area contributed by atoms with Gasteiger partial charge in [0.2, 0.25) is 5.91 Å². The van der Waals surface area contributed by atoms with Crippen LogP contribution in [0.2, 0.25) is 0 Å². The number of fused-ring (bicyclic) bond motifs is 1. The molecule has 0 radical (unpaired) electrons. The van der Waals surface area contributed by atoms with Gasteiger partial charge in [-0.25, -0.2) is 15.0 Å². The molecule has 0 saturated carbocycles. The number of nitrogens with one attached hydrogen (secondary N) is 1. The highest BCUT2D eigenvalue weighted by Crippen LogP contribution is 2.41. The molecule has 0 bridgehead atoms. The number of nitrogens with two attached hydrogens (primary N) is 1. The number of carbonyl (C=O) groups excluding carboxylic acids is 1. The maximum Gasteiger partial charge on any atom is 0.582 e. The van der Waals surface area contributed by atoms with Crippen LogP contribution in [-0.2, 0) is 23.4 Å². The van der Waals surface area contributed by atoms with Crippen LogP contribution in [0.25, 0.3) is 11.2 Å². The molecule has 5 atom stereocenters. The second-order valence-electron chi connectivity index (χ2n) is 10.5. The van der Waals surface area contributed by atoms with E-state index in [9.17, 15) is 9.36 Å². The molecule has 13 heteroatoms. The van der Waals surface area contributed by atoms with Crippen molar-refractivity contribution < 1.29 is 23.4 Å². The van der Waals surface area contributed by atoms with E-state index in [1.807, 2.05) is 0 Å². The van der Waals surface area contributed by atoms with Gasteiger partial charge in [-0.2, -0.15) is 0 Å². The van der Waals surface area contributed by atoms with Crippen molar-refractivity contribution in [1.82, 2.24) is 24.8 Å². The first-order chi connectivity index (χ1) is 19.5. The third-order valence-electron chi connectivity index (χ3n) is 7.44. The lowest BCUT2D eigenvalue weighted by Gasteiger charge is -2.19. The number of aromatic nitrogens is 4. The molecule has 224 valence electrons. The summed E-state index contributed by atoms with van der Waals surface area (Å²) in [5.41, 5.74) is 6.84. The molecule has 0 aliphatic carbocycles. The maximum atomic E-state index is 12.5. The summed E-state index contributed by atoms with van der Waals surface area (Å²) in [6.07, 6.45) is 17.0. The zero-order valence-electron chi connectivity index (χ0n) is 23.9. The molecule has 1 fully saturated rings. The normalized spacial score (nSPS) is 21.2.